The van der Waals surface area contributed by atoms with Gasteiger partial charge in [-0.2, -0.15) is 9.57 Å². The number of sulfonamides is 1. The van der Waals surface area contributed by atoms with E-state index in [2.05, 4.69) is 10.2 Å². The number of nitrogens with zero attached hydrogens (tertiary/aromatic N) is 3. The summed E-state index contributed by atoms with van der Waals surface area (Å²) in [7, 11) is -3.11. The molecule has 6 nitrogen and oxygen atoms in total. The maximum atomic E-state index is 13.5. The van der Waals surface area contributed by atoms with E-state index in [1.807, 2.05) is 6.07 Å². The number of nitrogens with one attached hydrogen (secondary N) is 1. The first-order chi connectivity index (χ1) is 10.4. The molecule has 2 rings (SSSR count). The molecule has 1 saturated heterocycles. The molecule has 22 heavy (non-hydrogen) atoms. The van der Waals surface area contributed by atoms with Crippen LogP contribution in [0, 0.1) is 17.1 Å². The van der Waals surface area contributed by atoms with Crippen molar-refractivity contribution in [3.63, 3.8) is 0 Å². The molecule has 8 heteroatoms. The van der Waals surface area contributed by atoms with E-state index < -0.39 is 15.8 Å². The maximum absolute atomic E-state index is 13.5. The fraction of sp³-hybridized carbons (Fsp3) is 0.500. The van der Waals surface area contributed by atoms with Gasteiger partial charge < -0.3 is 5.32 Å². The minimum atomic E-state index is -3.11. The Hall–Kier alpha value is -1.69. The van der Waals surface area contributed by atoms with Crippen molar-refractivity contribution in [2.24, 2.45) is 0 Å². The van der Waals surface area contributed by atoms with E-state index in [0.29, 0.717) is 45.0 Å². The largest absolute Gasteiger partial charge is 0.383 e. The van der Waals surface area contributed by atoms with E-state index in [1.54, 1.807) is 12.1 Å². The Balaban J connectivity index is 1.82. The van der Waals surface area contributed by atoms with Crippen molar-refractivity contribution in [3.05, 3.63) is 29.6 Å². The van der Waals surface area contributed by atoms with E-state index in [9.17, 15) is 12.8 Å². The normalized spacial score (nSPS) is 17.1. The van der Waals surface area contributed by atoms with Crippen LogP contribution in [-0.2, 0) is 10.0 Å². The molecule has 0 saturated carbocycles. The Morgan fingerprint density at radius 3 is 2.59 bits per heavy atom. The zero-order valence-corrected chi connectivity index (χ0v) is 13.2. The summed E-state index contributed by atoms with van der Waals surface area (Å²) in [6, 6.07) is 6.34. The Bertz CT molecular complexity index is 664. The molecule has 1 aliphatic rings. The highest BCUT2D eigenvalue weighted by Crippen LogP contribution is 2.17. The molecule has 0 unspecified atom stereocenters. The minimum Gasteiger partial charge on any atom is -0.383 e. The first kappa shape index (κ1) is 16.7. The second-order valence-electron chi connectivity index (χ2n) is 5.20. The lowest BCUT2D eigenvalue weighted by Gasteiger charge is -2.33. The third-order valence-electron chi connectivity index (χ3n) is 3.67. The lowest BCUT2D eigenvalue weighted by molar-refractivity contribution is 0.195. The minimum absolute atomic E-state index is 0.0180. The summed E-state index contributed by atoms with van der Waals surface area (Å²) < 4.78 is 37.8. The van der Waals surface area contributed by atoms with Gasteiger partial charge in [0.15, 0.2) is 0 Å². The van der Waals surface area contributed by atoms with Crippen LogP contribution in [-0.4, -0.2) is 63.1 Å². The summed E-state index contributed by atoms with van der Waals surface area (Å²) in [4.78, 5) is 2.14. The number of hydrogen-bond acceptors (Lipinski definition) is 5. The summed E-state index contributed by atoms with van der Waals surface area (Å²) in [6.45, 7) is 3.59. The quantitative estimate of drug-likeness (QED) is 0.861. The van der Waals surface area contributed by atoms with E-state index >= 15 is 0 Å². The molecule has 1 heterocycles. The zero-order chi connectivity index (χ0) is 16.2. The maximum Gasteiger partial charge on any atom is 0.211 e. The van der Waals surface area contributed by atoms with Crippen molar-refractivity contribution in [2.45, 2.75) is 0 Å². The van der Waals surface area contributed by atoms with Crippen LogP contribution in [0.1, 0.15) is 5.56 Å². The first-order valence-electron chi connectivity index (χ1n) is 7.02. The van der Waals surface area contributed by atoms with Crippen LogP contribution in [0.3, 0.4) is 0 Å². The lowest BCUT2D eigenvalue weighted by Crippen LogP contribution is -2.49. The Morgan fingerprint density at radius 2 is 2.00 bits per heavy atom. The molecule has 0 aromatic heterocycles. The number of hydrogen-bond donors (Lipinski definition) is 1. The molecule has 0 atom stereocenters. The number of anilines is 1. The van der Waals surface area contributed by atoms with Crippen molar-refractivity contribution in [2.75, 3.05) is 50.8 Å². The molecular formula is C14H19FN4O2S. The van der Waals surface area contributed by atoms with Gasteiger partial charge in [-0.3, -0.25) is 4.90 Å². The molecule has 1 N–H and O–H groups in total. The van der Waals surface area contributed by atoms with Gasteiger partial charge in [-0.05, 0) is 12.1 Å². The molecule has 0 radical (unpaired) electrons. The van der Waals surface area contributed by atoms with E-state index in [-0.39, 0.29) is 5.56 Å². The van der Waals surface area contributed by atoms with Gasteiger partial charge in [0.05, 0.1) is 11.9 Å². The van der Waals surface area contributed by atoms with Gasteiger partial charge in [-0.1, -0.05) is 6.07 Å². The van der Waals surface area contributed by atoms with Crippen molar-refractivity contribution >= 4 is 15.7 Å². The predicted octanol–water partition coefficient (Wildman–Crippen LogP) is 0.686. The molecule has 1 aromatic rings. The van der Waals surface area contributed by atoms with E-state index in [4.69, 9.17) is 5.26 Å². The molecule has 1 aromatic carbocycles. The average Bonchev–Trinajstić information content (AvgIpc) is 2.47. The van der Waals surface area contributed by atoms with Crippen LogP contribution < -0.4 is 5.32 Å². The Kier molecular flexibility index (Phi) is 5.34. The molecular weight excluding hydrogens is 307 g/mol. The van der Waals surface area contributed by atoms with Gasteiger partial charge in [0.25, 0.3) is 0 Å². The van der Waals surface area contributed by atoms with Crippen LogP contribution in [0.15, 0.2) is 18.2 Å². The van der Waals surface area contributed by atoms with Crippen LogP contribution >= 0.6 is 0 Å². The number of nitriles is 1. The second-order valence-corrected chi connectivity index (χ2v) is 7.19. The van der Waals surface area contributed by atoms with Crippen molar-refractivity contribution in [1.82, 2.24) is 9.21 Å². The number of rotatable bonds is 5. The summed E-state index contributed by atoms with van der Waals surface area (Å²) in [6.07, 6.45) is 1.22. The predicted molar refractivity (Wildman–Crippen MR) is 82.5 cm³/mol. The topological polar surface area (TPSA) is 76.4 Å². The third kappa shape index (κ3) is 4.16. The Labute approximate surface area is 130 Å². The summed E-state index contributed by atoms with van der Waals surface area (Å²) in [5.41, 5.74) is 0.502. The van der Waals surface area contributed by atoms with Gasteiger partial charge in [0.2, 0.25) is 10.0 Å². The number of piperazine rings is 1. The molecule has 120 valence electrons. The summed E-state index contributed by atoms with van der Waals surface area (Å²) in [5, 5.41) is 12.0. The highest BCUT2D eigenvalue weighted by molar-refractivity contribution is 7.88. The zero-order valence-electron chi connectivity index (χ0n) is 12.4. The van der Waals surface area contributed by atoms with Gasteiger partial charge in [0.1, 0.15) is 17.4 Å². The van der Waals surface area contributed by atoms with Crippen molar-refractivity contribution in [1.29, 1.82) is 5.26 Å². The lowest BCUT2D eigenvalue weighted by atomic mass is 10.2. The molecule has 0 bridgehead atoms. The van der Waals surface area contributed by atoms with Gasteiger partial charge >= 0.3 is 0 Å². The van der Waals surface area contributed by atoms with Crippen LogP contribution in [0.25, 0.3) is 0 Å². The number of benzene rings is 1. The average molecular weight is 326 g/mol. The molecule has 1 aliphatic heterocycles. The van der Waals surface area contributed by atoms with Crippen LogP contribution in [0.2, 0.25) is 0 Å². The second kappa shape index (κ2) is 7.05. The van der Waals surface area contributed by atoms with Gasteiger partial charge in [0, 0.05) is 39.3 Å². The van der Waals surface area contributed by atoms with Crippen molar-refractivity contribution in [3.8, 4) is 6.07 Å². The summed E-state index contributed by atoms with van der Waals surface area (Å²) in [5.74, 6) is -0.533. The molecule has 0 amide bonds. The first-order valence-corrected chi connectivity index (χ1v) is 8.86. The molecule has 1 fully saturated rings. The van der Waals surface area contributed by atoms with Crippen molar-refractivity contribution < 1.29 is 12.8 Å². The van der Waals surface area contributed by atoms with Crippen LogP contribution in [0.4, 0.5) is 10.1 Å². The number of halogens is 1. The smallest absolute Gasteiger partial charge is 0.211 e. The van der Waals surface area contributed by atoms with E-state index in [1.165, 1.54) is 16.6 Å². The molecule has 0 aliphatic carbocycles. The van der Waals surface area contributed by atoms with Gasteiger partial charge in [-0.25, -0.2) is 12.8 Å². The SMILES string of the molecule is CS(=O)(=O)N1CCN(CCNc2cccc(F)c2C#N)CC1. The Morgan fingerprint density at radius 1 is 1.32 bits per heavy atom. The fourth-order valence-corrected chi connectivity index (χ4v) is 3.25. The highest BCUT2D eigenvalue weighted by Gasteiger charge is 2.22. The monoisotopic (exact) mass is 326 g/mol. The summed E-state index contributed by atoms with van der Waals surface area (Å²) >= 11 is 0. The molecule has 0 spiro atoms. The standard InChI is InChI=1S/C14H19FN4O2S/c1-22(20,21)19-9-7-18(8-10-19)6-5-17-14-4-2-3-13(15)12(14)11-16/h2-4,17H,5-10H2,1H3. The highest BCUT2D eigenvalue weighted by atomic mass is 32.2. The van der Waals surface area contributed by atoms with Crippen LogP contribution in [0.5, 0.6) is 0 Å². The van der Waals surface area contributed by atoms with E-state index in [0.717, 1.165) is 0 Å². The van der Waals surface area contributed by atoms with Gasteiger partial charge in [-0.15, -0.1) is 0 Å². The fourth-order valence-electron chi connectivity index (χ4n) is 2.42. The third-order valence-corrected chi connectivity index (χ3v) is 4.97.